The lowest BCUT2D eigenvalue weighted by Gasteiger charge is -2.05. The second kappa shape index (κ2) is 6.03. The van der Waals surface area contributed by atoms with Gasteiger partial charge in [-0.05, 0) is 24.6 Å². The van der Waals surface area contributed by atoms with Crippen LogP contribution in [0.4, 0.5) is 0 Å². The van der Waals surface area contributed by atoms with Gasteiger partial charge >= 0.3 is 0 Å². The predicted octanol–water partition coefficient (Wildman–Crippen LogP) is 2.44. The molecule has 0 bridgehead atoms. The van der Waals surface area contributed by atoms with Crippen molar-refractivity contribution in [3.05, 3.63) is 29.3 Å². The van der Waals surface area contributed by atoms with Crippen LogP contribution in [0.5, 0.6) is 0 Å². The standard InChI is InChI=1S/C9H11ClINO2S/c10-8-3-1-4-9(7-8)15(13,14)12-6-2-5-11/h1,3-4,7,12H,2,5-6H2. The minimum atomic E-state index is -3.39. The van der Waals surface area contributed by atoms with Crippen molar-refractivity contribution in [3.63, 3.8) is 0 Å². The maximum atomic E-state index is 11.7. The Labute approximate surface area is 108 Å². The van der Waals surface area contributed by atoms with Crippen molar-refractivity contribution in [2.45, 2.75) is 11.3 Å². The van der Waals surface area contributed by atoms with Gasteiger partial charge in [0.25, 0.3) is 0 Å². The normalized spacial score (nSPS) is 11.6. The zero-order valence-corrected chi connectivity index (χ0v) is 11.6. The molecule has 0 atom stereocenters. The summed E-state index contributed by atoms with van der Waals surface area (Å²) < 4.78 is 26.8. The van der Waals surface area contributed by atoms with Gasteiger partial charge in [-0.15, -0.1) is 0 Å². The van der Waals surface area contributed by atoms with Crippen LogP contribution in [-0.2, 0) is 10.0 Å². The monoisotopic (exact) mass is 359 g/mol. The molecule has 15 heavy (non-hydrogen) atoms. The number of rotatable bonds is 5. The molecule has 0 spiro atoms. The van der Waals surface area contributed by atoms with E-state index in [2.05, 4.69) is 27.3 Å². The molecule has 0 heterocycles. The van der Waals surface area contributed by atoms with Gasteiger partial charge in [0.1, 0.15) is 0 Å². The minimum Gasteiger partial charge on any atom is -0.211 e. The number of alkyl halides is 1. The molecule has 6 heteroatoms. The summed E-state index contributed by atoms with van der Waals surface area (Å²) in [5.74, 6) is 0. The van der Waals surface area contributed by atoms with Gasteiger partial charge in [0.2, 0.25) is 10.0 Å². The summed E-state index contributed by atoms with van der Waals surface area (Å²) in [5.41, 5.74) is 0. The second-order valence-corrected chi connectivity index (χ2v) is 6.18. The first-order chi connectivity index (χ1) is 7.06. The van der Waals surface area contributed by atoms with E-state index in [0.717, 1.165) is 10.8 Å². The van der Waals surface area contributed by atoms with Crippen LogP contribution < -0.4 is 4.72 Å². The number of halogens is 2. The van der Waals surface area contributed by atoms with E-state index in [1.165, 1.54) is 12.1 Å². The van der Waals surface area contributed by atoms with E-state index >= 15 is 0 Å². The molecule has 1 aromatic carbocycles. The third-order valence-electron chi connectivity index (χ3n) is 1.71. The lowest BCUT2D eigenvalue weighted by atomic mass is 10.4. The number of nitrogens with one attached hydrogen (secondary N) is 1. The first kappa shape index (κ1) is 13.2. The lowest BCUT2D eigenvalue weighted by molar-refractivity contribution is 0.581. The first-order valence-corrected chi connectivity index (χ1v) is 7.76. The molecule has 3 nitrogen and oxygen atoms in total. The fourth-order valence-electron chi connectivity index (χ4n) is 0.991. The Morgan fingerprint density at radius 2 is 2.13 bits per heavy atom. The fourth-order valence-corrected chi connectivity index (χ4v) is 2.75. The summed E-state index contributed by atoms with van der Waals surface area (Å²) in [6, 6.07) is 6.23. The highest BCUT2D eigenvalue weighted by atomic mass is 127. The smallest absolute Gasteiger partial charge is 0.211 e. The molecule has 0 aliphatic rings. The predicted molar refractivity (Wildman–Crippen MR) is 70.1 cm³/mol. The summed E-state index contributed by atoms with van der Waals surface area (Å²) in [6.45, 7) is 0.456. The molecular formula is C9H11ClINO2S. The van der Waals surface area contributed by atoms with Crippen LogP contribution in [0.15, 0.2) is 29.2 Å². The van der Waals surface area contributed by atoms with Crippen molar-refractivity contribution in [2.24, 2.45) is 0 Å². The molecule has 0 saturated heterocycles. The molecule has 0 unspecified atom stereocenters. The minimum absolute atomic E-state index is 0.212. The van der Waals surface area contributed by atoms with E-state index < -0.39 is 10.0 Å². The number of sulfonamides is 1. The number of hydrogen-bond acceptors (Lipinski definition) is 2. The maximum absolute atomic E-state index is 11.7. The molecule has 0 aliphatic carbocycles. The molecule has 1 rings (SSSR count). The average Bonchev–Trinajstić information content (AvgIpc) is 2.18. The Morgan fingerprint density at radius 1 is 1.40 bits per heavy atom. The fraction of sp³-hybridized carbons (Fsp3) is 0.333. The van der Waals surface area contributed by atoms with Crippen LogP contribution in [0.2, 0.25) is 5.02 Å². The molecule has 0 aliphatic heterocycles. The van der Waals surface area contributed by atoms with Gasteiger partial charge in [-0.3, -0.25) is 0 Å². The van der Waals surface area contributed by atoms with Gasteiger partial charge in [-0.25, -0.2) is 13.1 Å². The third kappa shape index (κ3) is 4.26. The Hall–Kier alpha value is 0.150. The average molecular weight is 360 g/mol. The quantitative estimate of drug-likeness (QED) is 0.499. The van der Waals surface area contributed by atoms with Crippen molar-refractivity contribution in [1.82, 2.24) is 4.72 Å². The van der Waals surface area contributed by atoms with Gasteiger partial charge in [0.15, 0.2) is 0 Å². The van der Waals surface area contributed by atoms with Crippen LogP contribution in [0, 0.1) is 0 Å². The first-order valence-electron chi connectivity index (χ1n) is 4.37. The number of benzene rings is 1. The molecule has 0 saturated carbocycles. The van der Waals surface area contributed by atoms with E-state index in [4.69, 9.17) is 11.6 Å². The van der Waals surface area contributed by atoms with Gasteiger partial charge in [0.05, 0.1) is 4.90 Å². The number of hydrogen-bond donors (Lipinski definition) is 1. The molecular weight excluding hydrogens is 349 g/mol. The molecule has 1 aromatic rings. The molecule has 0 amide bonds. The van der Waals surface area contributed by atoms with Gasteiger partial charge in [0, 0.05) is 16.0 Å². The van der Waals surface area contributed by atoms with Gasteiger partial charge in [-0.1, -0.05) is 40.3 Å². The molecule has 0 radical (unpaired) electrons. The van der Waals surface area contributed by atoms with Crippen LogP contribution in [0.3, 0.4) is 0 Å². The zero-order valence-electron chi connectivity index (χ0n) is 7.91. The Balaban J connectivity index is 2.77. The van der Waals surface area contributed by atoms with Crippen molar-refractivity contribution >= 4 is 44.2 Å². The Kier molecular flexibility index (Phi) is 5.31. The topological polar surface area (TPSA) is 46.2 Å². The maximum Gasteiger partial charge on any atom is 0.240 e. The third-order valence-corrected chi connectivity index (χ3v) is 4.17. The van der Waals surface area contributed by atoms with E-state index in [-0.39, 0.29) is 4.90 Å². The van der Waals surface area contributed by atoms with Gasteiger partial charge in [-0.2, -0.15) is 0 Å². The summed E-state index contributed by atoms with van der Waals surface area (Å²) in [7, 11) is -3.39. The summed E-state index contributed by atoms with van der Waals surface area (Å²) in [5, 5.41) is 0.423. The van der Waals surface area contributed by atoms with Crippen molar-refractivity contribution in [3.8, 4) is 0 Å². The summed E-state index contributed by atoms with van der Waals surface area (Å²) in [4.78, 5) is 0.212. The highest BCUT2D eigenvalue weighted by Gasteiger charge is 2.12. The molecule has 0 aromatic heterocycles. The zero-order chi connectivity index (χ0) is 11.3. The van der Waals surface area contributed by atoms with Crippen LogP contribution in [-0.4, -0.2) is 19.4 Å². The van der Waals surface area contributed by atoms with Gasteiger partial charge < -0.3 is 0 Å². The van der Waals surface area contributed by atoms with Crippen LogP contribution in [0.1, 0.15) is 6.42 Å². The largest absolute Gasteiger partial charge is 0.240 e. The summed E-state index contributed by atoms with van der Waals surface area (Å²) >= 11 is 7.92. The van der Waals surface area contributed by atoms with Crippen molar-refractivity contribution in [1.29, 1.82) is 0 Å². The van der Waals surface area contributed by atoms with E-state index in [1.54, 1.807) is 12.1 Å². The van der Waals surface area contributed by atoms with Crippen LogP contribution >= 0.6 is 34.2 Å². The summed E-state index contributed by atoms with van der Waals surface area (Å²) in [6.07, 6.45) is 0.820. The van der Waals surface area contributed by atoms with Crippen LogP contribution in [0.25, 0.3) is 0 Å². The van der Waals surface area contributed by atoms with Crippen molar-refractivity contribution in [2.75, 3.05) is 11.0 Å². The molecule has 1 N–H and O–H groups in total. The Morgan fingerprint density at radius 3 is 2.73 bits per heavy atom. The highest BCUT2D eigenvalue weighted by molar-refractivity contribution is 14.1. The van der Waals surface area contributed by atoms with E-state index in [1.807, 2.05) is 0 Å². The van der Waals surface area contributed by atoms with Crippen molar-refractivity contribution < 1.29 is 8.42 Å². The molecule has 0 fully saturated rings. The highest BCUT2D eigenvalue weighted by Crippen LogP contribution is 2.14. The van der Waals surface area contributed by atoms with E-state index in [0.29, 0.717) is 11.6 Å². The van der Waals surface area contributed by atoms with E-state index in [9.17, 15) is 8.42 Å². The SMILES string of the molecule is O=S(=O)(NCCCI)c1cccc(Cl)c1. The molecule has 84 valence electrons. The Bertz CT molecular complexity index is 422. The second-order valence-electron chi connectivity index (χ2n) is 2.90. The lowest BCUT2D eigenvalue weighted by Crippen LogP contribution is -2.24.